The van der Waals surface area contributed by atoms with Crippen molar-refractivity contribution in [2.24, 2.45) is 0 Å². The number of hydrogen-bond acceptors (Lipinski definition) is 3. The Balaban J connectivity index is 1.84. The minimum Gasteiger partial charge on any atom is -0.388 e. The Bertz CT molecular complexity index is 586. The molecular weight excluding hydrogens is 266 g/mol. The van der Waals surface area contributed by atoms with Gasteiger partial charge in [-0.1, -0.05) is 37.3 Å². The number of rotatable bonds is 2. The lowest BCUT2D eigenvalue weighted by Crippen LogP contribution is -2.45. The van der Waals surface area contributed by atoms with Gasteiger partial charge in [-0.25, -0.2) is 0 Å². The van der Waals surface area contributed by atoms with Crippen LogP contribution in [0.4, 0.5) is 0 Å². The Hall–Kier alpha value is -1.68. The SMILES string of the molecule is Cc1ccc2c(c1)C(=O)N(CC1(O)CCCCCC1)C2=O. The highest BCUT2D eigenvalue weighted by Gasteiger charge is 2.40. The summed E-state index contributed by atoms with van der Waals surface area (Å²) in [6.07, 6.45) is 5.48. The molecule has 2 aliphatic rings. The molecule has 1 aliphatic heterocycles. The summed E-state index contributed by atoms with van der Waals surface area (Å²) in [6.45, 7) is 2.03. The molecule has 1 aliphatic carbocycles. The van der Waals surface area contributed by atoms with Gasteiger partial charge in [0.25, 0.3) is 11.8 Å². The summed E-state index contributed by atoms with van der Waals surface area (Å²) in [5.41, 5.74) is 0.976. The van der Waals surface area contributed by atoms with Crippen LogP contribution in [0.25, 0.3) is 0 Å². The van der Waals surface area contributed by atoms with Crippen LogP contribution in [0, 0.1) is 6.92 Å². The highest BCUT2D eigenvalue weighted by molar-refractivity contribution is 6.21. The molecule has 0 spiro atoms. The van der Waals surface area contributed by atoms with Crippen molar-refractivity contribution in [2.45, 2.75) is 51.0 Å². The minimum atomic E-state index is -0.918. The maximum Gasteiger partial charge on any atom is 0.261 e. The maximum atomic E-state index is 12.5. The minimum absolute atomic E-state index is 0.123. The molecule has 112 valence electrons. The van der Waals surface area contributed by atoms with Crippen molar-refractivity contribution in [2.75, 3.05) is 6.54 Å². The summed E-state index contributed by atoms with van der Waals surface area (Å²) in [5.74, 6) is -0.538. The van der Waals surface area contributed by atoms with E-state index in [0.717, 1.165) is 31.2 Å². The van der Waals surface area contributed by atoms with E-state index in [9.17, 15) is 14.7 Å². The van der Waals surface area contributed by atoms with Gasteiger partial charge < -0.3 is 5.11 Å². The Labute approximate surface area is 124 Å². The van der Waals surface area contributed by atoms with Gasteiger partial charge in [-0.15, -0.1) is 0 Å². The smallest absolute Gasteiger partial charge is 0.261 e. The lowest BCUT2D eigenvalue weighted by molar-refractivity contribution is -0.00269. The van der Waals surface area contributed by atoms with Gasteiger partial charge in [0.1, 0.15) is 0 Å². The van der Waals surface area contributed by atoms with Crippen LogP contribution in [0.1, 0.15) is 64.8 Å². The molecule has 0 unspecified atom stereocenters. The van der Waals surface area contributed by atoms with Crippen molar-refractivity contribution in [1.29, 1.82) is 0 Å². The second-order valence-corrected chi connectivity index (χ2v) is 6.38. The van der Waals surface area contributed by atoms with E-state index in [2.05, 4.69) is 0 Å². The van der Waals surface area contributed by atoms with Crippen molar-refractivity contribution < 1.29 is 14.7 Å². The number of aliphatic hydroxyl groups is 1. The predicted molar refractivity (Wildman–Crippen MR) is 79.2 cm³/mol. The number of nitrogens with zero attached hydrogens (tertiary/aromatic N) is 1. The van der Waals surface area contributed by atoms with E-state index in [-0.39, 0.29) is 18.4 Å². The van der Waals surface area contributed by atoms with Gasteiger partial charge in [0, 0.05) is 0 Å². The highest BCUT2D eigenvalue weighted by atomic mass is 16.3. The van der Waals surface area contributed by atoms with Crippen molar-refractivity contribution in [3.05, 3.63) is 34.9 Å². The van der Waals surface area contributed by atoms with Crippen molar-refractivity contribution >= 4 is 11.8 Å². The number of carbonyl (C=O) groups is 2. The van der Waals surface area contributed by atoms with Crippen LogP contribution < -0.4 is 0 Å². The first-order valence-electron chi connectivity index (χ1n) is 7.69. The number of fused-ring (bicyclic) bond motifs is 1. The molecule has 4 heteroatoms. The summed E-state index contributed by atoms with van der Waals surface area (Å²) in [7, 11) is 0. The molecule has 0 bridgehead atoms. The molecule has 1 saturated carbocycles. The number of β-amino-alcohol motifs (C(OH)–C–C–N with tert-alkyl or cyclic N) is 1. The standard InChI is InChI=1S/C17H21NO3/c1-12-6-7-13-14(10-12)16(20)18(15(13)19)11-17(21)8-4-2-3-5-9-17/h6-7,10,21H,2-5,8-9,11H2,1H3. The summed E-state index contributed by atoms with van der Waals surface area (Å²) in [6, 6.07) is 5.31. The molecule has 0 aromatic heterocycles. The Morgan fingerprint density at radius 2 is 1.67 bits per heavy atom. The summed E-state index contributed by atoms with van der Waals surface area (Å²) in [4.78, 5) is 26.1. The third kappa shape index (κ3) is 2.60. The van der Waals surface area contributed by atoms with E-state index in [1.165, 1.54) is 4.90 Å². The van der Waals surface area contributed by atoms with E-state index >= 15 is 0 Å². The number of hydrogen-bond donors (Lipinski definition) is 1. The number of amides is 2. The molecule has 0 radical (unpaired) electrons. The summed E-state index contributed by atoms with van der Waals surface area (Å²) in [5, 5.41) is 10.7. The molecule has 0 saturated heterocycles. The molecule has 21 heavy (non-hydrogen) atoms. The van der Waals surface area contributed by atoms with E-state index in [1.54, 1.807) is 12.1 Å². The van der Waals surface area contributed by atoms with Gasteiger partial charge in [0.15, 0.2) is 0 Å². The van der Waals surface area contributed by atoms with Crippen molar-refractivity contribution in [1.82, 2.24) is 4.90 Å². The third-order valence-electron chi connectivity index (χ3n) is 4.61. The third-order valence-corrected chi connectivity index (χ3v) is 4.61. The molecule has 1 aromatic rings. The van der Waals surface area contributed by atoms with Crippen molar-refractivity contribution in [3.8, 4) is 0 Å². The van der Waals surface area contributed by atoms with E-state index in [0.29, 0.717) is 24.0 Å². The molecule has 3 rings (SSSR count). The molecular formula is C17H21NO3. The van der Waals surface area contributed by atoms with Crippen LogP contribution in [0.15, 0.2) is 18.2 Å². The van der Waals surface area contributed by atoms with Crippen LogP contribution in [0.3, 0.4) is 0 Å². The molecule has 0 atom stereocenters. The average Bonchev–Trinajstić information content (AvgIpc) is 2.62. The van der Waals surface area contributed by atoms with E-state index in [4.69, 9.17) is 0 Å². The fraction of sp³-hybridized carbons (Fsp3) is 0.529. The first-order valence-corrected chi connectivity index (χ1v) is 7.69. The molecule has 1 heterocycles. The molecule has 1 N–H and O–H groups in total. The van der Waals surface area contributed by atoms with Gasteiger partial charge in [0.2, 0.25) is 0 Å². The number of carbonyl (C=O) groups excluding carboxylic acids is 2. The van der Waals surface area contributed by atoms with Crippen molar-refractivity contribution in [3.63, 3.8) is 0 Å². The van der Waals surface area contributed by atoms with Crippen LogP contribution >= 0.6 is 0 Å². The van der Waals surface area contributed by atoms with E-state index in [1.807, 2.05) is 13.0 Å². The van der Waals surface area contributed by atoms with Crippen LogP contribution in [-0.4, -0.2) is 34.0 Å². The van der Waals surface area contributed by atoms with Crippen LogP contribution in [0.5, 0.6) is 0 Å². The second kappa shape index (κ2) is 5.26. The molecule has 4 nitrogen and oxygen atoms in total. The maximum absolute atomic E-state index is 12.5. The number of imide groups is 1. The quantitative estimate of drug-likeness (QED) is 0.672. The number of aryl methyl sites for hydroxylation is 1. The summed E-state index contributed by atoms with van der Waals surface area (Å²) >= 11 is 0. The van der Waals surface area contributed by atoms with E-state index < -0.39 is 5.60 Å². The Morgan fingerprint density at radius 1 is 1.05 bits per heavy atom. The van der Waals surface area contributed by atoms with Gasteiger partial charge in [-0.2, -0.15) is 0 Å². The zero-order valence-electron chi connectivity index (χ0n) is 12.4. The average molecular weight is 287 g/mol. The fourth-order valence-corrected chi connectivity index (χ4v) is 3.39. The van der Waals surface area contributed by atoms with Gasteiger partial charge in [-0.3, -0.25) is 14.5 Å². The Morgan fingerprint density at radius 3 is 2.33 bits per heavy atom. The summed E-state index contributed by atoms with van der Waals surface area (Å²) < 4.78 is 0. The monoisotopic (exact) mass is 287 g/mol. The molecule has 2 amide bonds. The normalized spacial score (nSPS) is 21.3. The molecule has 1 fully saturated rings. The lowest BCUT2D eigenvalue weighted by Gasteiger charge is -2.30. The van der Waals surface area contributed by atoms with Gasteiger partial charge >= 0.3 is 0 Å². The van der Waals surface area contributed by atoms with Crippen LogP contribution in [0.2, 0.25) is 0 Å². The van der Waals surface area contributed by atoms with Gasteiger partial charge in [0.05, 0.1) is 23.3 Å². The first-order chi connectivity index (χ1) is 10.0. The molecule has 1 aromatic carbocycles. The topological polar surface area (TPSA) is 57.6 Å². The van der Waals surface area contributed by atoms with Gasteiger partial charge in [-0.05, 0) is 31.9 Å². The highest BCUT2D eigenvalue weighted by Crippen LogP contribution is 2.31. The predicted octanol–water partition coefficient (Wildman–Crippen LogP) is 2.68. The fourth-order valence-electron chi connectivity index (χ4n) is 3.39. The number of benzene rings is 1. The first kappa shape index (κ1) is 14.3. The zero-order chi connectivity index (χ0) is 15.0. The Kier molecular flexibility index (Phi) is 3.57. The lowest BCUT2D eigenvalue weighted by atomic mass is 9.94. The zero-order valence-corrected chi connectivity index (χ0v) is 12.4. The van der Waals surface area contributed by atoms with Crippen LogP contribution in [-0.2, 0) is 0 Å². The largest absolute Gasteiger partial charge is 0.388 e. The second-order valence-electron chi connectivity index (χ2n) is 6.38.